The first-order chi connectivity index (χ1) is 10.5. The summed E-state index contributed by atoms with van der Waals surface area (Å²) >= 11 is 12.2. The standard InChI is InChI=1S/C16H14Cl2O4/c1-2-21-16(20)15(18)10-3-8-14(13(17)9-10)22-12-6-4-11(19)5-7-12/h3-9,15,19H,2H2,1H3. The first-order valence-electron chi connectivity index (χ1n) is 6.58. The molecule has 2 aromatic rings. The Bertz CT molecular complexity index is 656. The molecule has 0 heterocycles. The number of alkyl halides is 1. The molecule has 1 unspecified atom stereocenters. The van der Waals surface area contributed by atoms with Crippen molar-refractivity contribution in [3.05, 3.63) is 53.1 Å². The molecular weight excluding hydrogens is 327 g/mol. The molecular formula is C16H14Cl2O4. The van der Waals surface area contributed by atoms with E-state index in [-0.39, 0.29) is 12.4 Å². The molecule has 116 valence electrons. The first-order valence-corrected chi connectivity index (χ1v) is 7.39. The van der Waals surface area contributed by atoms with Crippen LogP contribution in [0.15, 0.2) is 42.5 Å². The van der Waals surface area contributed by atoms with Crippen LogP contribution in [0.4, 0.5) is 0 Å². The fraction of sp³-hybridized carbons (Fsp3) is 0.188. The number of ether oxygens (including phenoxy) is 2. The molecule has 6 heteroatoms. The highest BCUT2D eigenvalue weighted by Gasteiger charge is 2.20. The molecule has 0 aliphatic heterocycles. The smallest absolute Gasteiger partial charge is 0.328 e. The van der Waals surface area contributed by atoms with Gasteiger partial charge in [-0.15, -0.1) is 11.6 Å². The van der Waals surface area contributed by atoms with E-state index in [1.165, 1.54) is 12.1 Å². The maximum absolute atomic E-state index is 11.6. The van der Waals surface area contributed by atoms with Crippen molar-refractivity contribution in [3.8, 4) is 17.2 Å². The number of rotatable bonds is 5. The van der Waals surface area contributed by atoms with E-state index in [4.69, 9.17) is 32.7 Å². The van der Waals surface area contributed by atoms with Crippen molar-refractivity contribution in [1.29, 1.82) is 0 Å². The van der Waals surface area contributed by atoms with Gasteiger partial charge in [-0.25, -0.2) is 0 Å². The van der Waals surface area contributed by atoms with Gasteiger partial charge in [-0.3, -0.25) is 4.79 Å². The number of halogens is 2. The maximum atomic E-state index is 11.6. The van der Waals surface area contributed by atoms with Gasteiger partial charge in [0.15, 0.2) is 5.38 Å². The molecule has 0 fully saturated rings. The van der Waals surface area contributed by atoms with E-state index >= 15 is 0 Å². The van der Waals surface area contributed by atoms with Gasteiger partial charge >= 0.3 is 5.97 Å². The lowest BCUT2D eigenvalue weighted by molar-refractivity contribution is -0.142. The minimum Gasteiger partial charge on any atom is -0.508 e. The van der Waals surface area contributed by atoms with E-state index in [0.29, 0.717) is 22.1 Å². The lowest BCUT2D eigenvalue weighted by Gasteiger charge is -2.12. The molecule has 0 aromatic heterocycles. The summed E-state index contributed by atoms with van der Waals surface area (Å²) in [5, 5.41) is 8.63. The fourth-order valence-corrected chi connectivity index (χ4v) is 2.18. The van der Waals surface area contributed by atoms with Gasteiger partial charge in [0.05, 0.1) is 11.6 Å². The van der Waals surface area contributed by atoms with Gasteiger partial charge in [-0.2, -0.15) is 0 Å². The Morgan fingerprint density at radius 3 is 2.50 bits per heavy atom. The third kappa shape index (κ3) is 4.06. The molecule has 0 saturated heterocycles. The number of esters is 1. The van der Waals surface area contributed by atoms with E-state index in [2.05, 4.69) is 0 Å². The normalized spacial score (nSPS) is 11.8. The second kappa shape index (κ2) is 7.38. The summed E-state index contributed by atoms with van der Waals surface area (Å²) in [6.45, 7) is 1.97. The lowest BCUT2D eigenvalue weighted by atomic mass is 10.1. The zero-order valence-corrected chi connectivity index (χ0v) is 13.3. The van der Waals surface area contributed by atoms with Crippen LogP contribution >= 0.6 is 23.2 Å². The summed E-state index contributed by atoms with van der Waals surface area (Å²) < 4.78 is 10.5. The number of phenolic OH excluding ortho intramolecular Hbond substituents is 1. The summed E-state index contributed by atoms with van der Waals surface area (Å²) in [6.07, 6.45) is 0. The van der Waals surface area contributed by atoms with Crippen molar-refractivity contribution in [3.63, 3.8) is 0 Å². The van der Waals surface area contributed by atoms with Crippen molar-refractivity contribution in [2.24, 2.45) is 0 Å². The maximum Gasteiger partial charge on any atom is 0.328 e. The van der Waals surface area contributed by atoms with E-state index in [1.807, 2.05) is 0 Å². The number of carbonyl (C=O) groups is 1. The van der Waals surface area contributed by atoms with Crippen LogP contribution in [0, 0.1) is 0 Å². The molecule has 0 aliphatic carbocycles. The Morgan fingerprint density at radius 2 is 1.91 bits per heavy atom. The van der Waals surface area contributed by atoms with Gasteiger partial charge in [0.1, 0.15) is 17.2 Å². The molecule has 0 bridgehead atoms. The van der Waals surface area contributed by atoms with Gasteiger partial charge in [0, 0.05) is 0 Å². The first kappa shape index (κ1) is 16.5. The van der Waals surface area contributed by atoms with Crippen molar-refractivity contribution in [2.45, 2.75) is 12.3 Å². The number of hydrogen-bond donors (Lipinski definition) is 1. The molecule has 0 spiro atoms. The molecule has 0 radical (unpaired) electrons. The highest BCUT2D eigenvalue weighted by Crippen LogP contribution is 2.34. The molecule has 1 atom stereocenters. The number of benzene rings is 2. The molecule has 1 N–H and O–H groups in total. The van der Waals surface area contributed by atoms with Crippen LogP contribution in [0.2, 0.25) is 5.02 Å². The Kier molecular flexibility index (Phi) is 5.52. The van der Waals surface area contributed by atoms with Gasteiger partial charge in [-0.1, -0.05) is 17.7 Å². The van der Waals surface area contributed by atoms with Crippen LogP contribution in [0.1, 0.15) is 17.9 Å². The Morgan fingerprint density at radius 1 is 1.23 bits per heavy atom. The Labute approximate surface area is 138 Å². The van der Waals surface area contributed by atoms with E-state index < -0.39 is 11.3 Å². The summed E-state index contributed by atoms with van der Waals surface area (Å²) in [4.78, 5) is 11.6. The SMILES string of the molecule is CCOC(=O)C(Cl)c1ccc(Oc2ccc(O)cc2)c(Cl)c1. The number of hydrogen-bond acceptors (Lipinski definition) is 4. The second-order valence-electron chi connectivity index (χ2n) is 4.40. The summed E-state index contributed by atoms with van der Waals surface area (Å²) in [6, 6.07) is 11.1. The van der Waals surface area contributed by atoms with Crippen LogP contribution < -0.4 is 4.74 Å². The largest absolute Gasteiger partial charge is 0.508 e. The molecule has 22 heavy (non-hydrogen) atoms. The van der Waals surface area contributed by atoms with E-state index in [0.717, 1.165) is 0 Å². The van der Waals surface area contributed by atoms with Crippen LogP contribution in [0.3, 0.4) is 0 Å². The summed E-state index contributed by atoms with van der Waals surface area (Å²) in [5.41, 5.74) is 0.531. The molecule has 0 amide bonds. The van der Waals surface area contributed by atoms with Gasteiger partial charge < -0.3 is 14.6 Å². The molecule has 0 saturated carbocycles. The zero-order valence-electron chi connectivity index (χ0n) is 11.8. The topological polar surface area (TPSA) is 55.8 Å². The van der Waals surface area contributed by atoms with Crippen LogP contribution in [-0.4, -0.2) is 17.7 Å². The molecule has 4 nitrogen and oxygen atoms in total. The van der Waals surface area contributed by atoms with Crippen LogP contribution in [-0.2, 0) is 9.53 Å². The van der Waals surface area contributed by atoms with Crippen molar-refractivity contribution < 1.29 is 19.4 Å². The summed E-state index contributed by atoms with van der Waals surface area (Å²) in [7, 11) is 0. The molecule has 2 rings (SSSR count). The number of phenols is 1. The third-order valence-corrected chi connectivity index (χ3v) is 3.53. The van der Waals surface area contributed by atoms with E-state index in [9.17, 15) is 9.90 Å². The third-order valence-electron chi connectivity index (χ3n) is 2.81. The van der Waals surface area contributed by atoms with Gasteiger partial charge in [0.2, 0.25) is 0 Å². The van der Waals surface area contributed by atoms with Crippen LogP contribution in [0.25, 0.3) is 0 Å². The lowest BCUT2D eigenvalue weighted by Crippen LogP contribution is -2.11. The second-order valence-corrected chi connectivity index (χ2v) is 5.24. The monoisotopic (exact) mass is 340 g/mol. The minimum absolute atomic E-state index is 0.146. The predicted octanol–water partition coefficient (Wildman–Crippen LogP) is 4.68. The summed E-state index contributed by atoms with van der Waals surface area (Å²) in [5.74, 6) is 0.574. The van der Waals surface area contributed by atoms with Gasteiger partial charge in [-0.05, 0) is 48.9 Å². The zero-order chi connectivity index (χ0) is 16.1. The molecule has 2 aromatic carbocycles. The Hall–Kier alpha value is -1.91. The number of aromatic hydroxyl groups is 1. The predicted molar refractivity (Wildman–Crippen MR) is 84.9 cm³/mol. The van der Waals surface area contributed by atoms with Crippen molar-refractivity contribution in [1.82, 2.24) is 0 Å². The quantitative estimate of drug-likeness (QED) is 0.634. The van der Waals surface area contributed by atoms with Crippen molar-refractivity contribution in [2.75, 3.05) is 6.61 Å². The van der Waals surface area contributed by atoms with E-state index in [1.54, 1.807) is 37.3 Å². The fourth-order valence-electron chi connectivity index (χ4n) is 1.75. The molecule has 0 aliphatic rings. The highest BCUT2D eigenvalue weighted by atomic mass is 35.5. The van der Waals surface area contributed by atoms with Crippen LogP contribution in [0.5, 0.6) is 17.2 Å². The minimum atomic E-state index is -0.917. The van der Waals surface area contributed by atoms with Gasteiger partial charge in [0.25, 0.3) is 0 Å². The van der Waals surface area contributed by atoms with Crippen molar-refractivity contribution >= 4 is 29.2 Å². The highest BCUT2D eigenvalue weighted by molar-refractivity contribution is 6.33. The Balaban J connectivity index is 2.15. The average Bonchev–Trinajstić information content (AvgIpc) is 2.51. The number of carbonyl (C=O) groups excluding carboxylic acids is 1. The average molecular weight is 341 g/mol.